The third-order valence-corrected chi connectivity index (χ3v) is 5.16. The van der Waals surface area contributed by atoms with Crippen LogP contribution >= 0.6 is 24.0 Å². The SMILES string of the molecule is CN=C(NCCCn1nc2n(c1=O)CCCC2)NCC1COc2ccccc2O1.I. The van der Waals surface area contributed by atoms with Gasteiger partial charge in [-0.15, -0.1) is 24.0 Å². The van der Waals surface area contributed by atoms with Crippen molar-refractivity contribution in [3.05, 3.63) is 40.6 Å². The molecule has 1 atom stereocenters. The van der Waals surface area contributed by atoms with Crippen molar-refractivity contribution < 1.29 is 9.47 Å². The standard InChI is InChI=1S/C20H28N6O3.HI/c1-21-19(23-13-15-14-28-16-7-2-3-8-17(16)29-15)22-10-6-12-26-20(27)25-11-5-4-9-18(25)24-26;/h2-3,7-8,15H,4-6,9-14H2,1H3,(H2,21,22,23);1H. The van der Waals surface area contributed by atoms with Gasteiger partial charge in [0.05, 0.1) is 6.54 Å². The Hall–Kier alpha value is -2.24. The van der Waals surface area contributed by atoms with E-state index < -0.39 is 0 Å². The summed E-state index contributed by atoms with van der Waals surface area (Å²) in [5, 5.41) is 11.0. The predicted molar refractivity (Wildman–Crippen MR) is 125 cm³/mol. The van der Waals surface area contributed by atoms with Crippen LogP contribution < -0.4 is 25.8 Å². The number of hydrogen-bond acceptors (Lipinski definition) is 5. The molecule has 164 valence electrons. The number of nitrogens with one attached hydrogen (secondary N) is 2. The van der Waals surface area contributed by atoms with Gasteiger partial charge < -0.3 is 20.1 Å². The van der Waals surface area contributed by atoms with Gasteiger partial charge >= 0.3 is 5.69 Å². The van der Waals surface area contributed by atoms with Crippen LogP contribution in [-0.2, 0) is 19.5 Å². The van der Waals surface area contributed by atoms with E-state index in [1.807, 2.05) is 28.8 Å². The minimum absolute atomic E-state index is 0. The lowest BCUT2D eigenvalue weighted by Gasteiger charge is -2.27. The molecule has 0 saturated carbocycles. The number of aliphatic imine (C=N–C) groups is 1. The Kier molecular flexibility index (Phi) is 8.00. The lowest BCUT2D eigenvalue weighted by Crippen LogP contribution is -2.45. The Morgan fingerprint density at radius 3 is 2.90 bits per heavy atom. The van der Waals surface area contributed by atoms with Gasteiger partial charge in [0.2, 0.25) is 0 Å². The minimum Gasteiger partial charge on any atom is -0.486 e. The Labute approximate surface area is 192 Å². The van der Waals surface area contributed by atoms with Crippen molar-refractivity contribution in [3.8, 4) is 11.5 Å². The molecule has 9 nitrogen and oxygen atoms in total. The van der Waals surface area contributed by atoms with Crippen molar-refractivity contribution in [2.75, 3.05) is 26.7 Å². The van der Waals surface area contributed by atoms with Gasteiger partial charge in [-0.1, -0.05) is 12.1 Å². The summed E-state index contributed by atoms with van der Waals surface area (Å²) in [5.41, 5.74) is 0.0111. The summed E-state index contributed by atoms with van der Waals surface area (Å²) >= 11 is 0. The molecule has 2 aliphatic rings. The number of aryl methyl sites for hydroxylation is 2. The number of aromatic nitrogens is 3. The van der Waals surface area contributed by atoms with Gasteiger partial charge in [-0.05, 0) is 31.4 Å². The lowest BCUT2D eigenvalue weighted by atomic mass is 10.2. The van der Waals surface area contributed by atoms with Crippen LogP contribution in [0.15, 0.2) is 34.1 Å². The number of halogens is 1. The van der Waals surface area contributed by atoms with Crippen LogP contribution in [0.1, 0.15) is 25.1 Å². The summed E-state index contributed by atoms with van der Waals surface area (Å²) in [6, 6.07) is 7.67. The number of ether oxygens (including phenoxy) is 2. The van der Waals surface area contributed by atoms with Crippen LogP contribution in [-0.4, -0.2) is 53.2 Å². The summed E-state index contributed by atoms with van der Waals surface area (Å²) in [6.07, 6.45) is 3.77. The van der Waals surface area contributed by atoms with E-state index in [1.54, 1.807) is 11.7 Å². The third kappa shape index (κ3) is 5.27. The van der Waals surface area contributed by atoms with E-state index in [9.17, 15) is 4.79 Å². The van der Waals surface area contributed by atoms with E-state index in [2.05, 4.69) is 20.7 Å². The van der Waals surface area contributed by atoms with Crippen molar-refractivity contribution >= 4 is 29.9 Å². The molecule has 0 spiro atoms. The molecule has 1 aromatic heterocycles. The quantitative estimate of drug-likeness (QED) is 0.255. The first-order valence-corrected chi connectivity index (χ1v) is 10.2. The van der Waals surface area contributed by atoms with Crippen molar-refractivity contribution in [1.29, 1.82) is 0 Å². The van der Waals surface area contributed by atoms with E-state index in [4.69, 9.17) is 9.47 Å². The molecule has 4 rings (SSSR count). The topological polar surface area (TPSA) is 94.7 Å². The molecule has 0 aliphatic carbocycles. The fourth-order valence-corrected chi connectivity index (χ4v) is 3.62. The highest BCUT2D eigenvalue weighted by atomic mass is 127. The summed E-state index contributed by atoms with van der Waals surface area (Å²) in [6.45, 7) is 3.16. The molecule has 0 saturated heterocycles. The van der Waals surface area contributed by atoms with Gasteiger partial charge in [0.25, 0.3) is 0 Å². The molecular formula is C20H29IN6O3. The van der Waals surface area contributed by atoms with Gasteiger partial charge in [0.15, 0.2) is 17.5 Å². The second kappa shape index (κ2) is 10.7. The molecule has 3 heterocycles. The molecule has 0 amide bonds. The first-order valence-electron chi connectivity index (χ1n) is 10.2. The Morgan fingerprint density at radius 2 is 2.10 bits per heavy atom. The van der Waals surface area contributed by atoms with Crippen molar-refractivity contribution in [1.82, 2.24) is 25.0 Å². The maximum atomic E-state index is 12.3. The van der Waals surface area contributed by atoms with Crippen LogP contribution in [0.4, 0.5) is 0 Å². The highest BCUT2D eigenvalue weighted by Gasteiger charge is 2.20. The molecule has 1 unspecified atom stereocenters. The van der Waals surface area contributed by atoms with Crippen LogP contribution in [0.25, 0.3) is 0 Å². The average molecular weight is 528 g/mol. The van der Waals surface area contributed by atoms with E-state index in [0.29, 0.717) is 32.2 Å². The first-order chi connectivity index (χ1) is 14.2. The molecular weight excluding hydrogens is 499 g/mol. The number of para-hydroxylation sites is 2. The van der Waals surface area contributed by atoms with Crippen LogP contribution in [0.5, 0.6) is 11.5 Å². The zero-order chi connectivity index (χ0) is 20.1. The van der Waals surface area contributed by atoms with E-state index in [-0.39, 0.29) is 35.8 Å². The van der Waals surface area contributed by atoms with Crippen LogP contribution in [0.3, 0.4) is 0 Å². The molecule has 30 heavy (non-hydrogen) atoms. The smallest absolute Gasteiger partial charge is 0.345 e. The zero-order valence-electron chi connectivity index (χ0n) is 17.2. The van der Waals surface area contributed by atoms with E-state index >= 15 is 0 Å². The Morgan fingerprint density at radius 1 is 1.27 bits per heavy atom. The number of nitrogens with zero attached hydrogens (tertiary/aromatic N) is 4. The number of guanidine groups is 1. The Bertz CT molecular complexity index is 926. The average Bonchev–Trinajstić information content (AvgIpc) is 3.09. The van der Waals surface area contributed by atoms with Crippen molar-refractivity contribution in [3.63, 3.8) is 0 Å². The number of benzene rings is 1. The molecule has 1 aromatic carbocycles. The molecule has 2 aromatic rings. The number of rotatable bonds is 6. The van der Waals surface area contributed by atoms with Crippen molar-refractivity contribution in [2.24, 2.45) is 4.99 Å². The second-order valence-corrected chi connectivity index (χ2v) is 7.26. The highest BCUT2D eigenvalue weighted by Crippen LogP contribution is 2.30. The first kappa shape index (κ1) is 22.4. The number of hydrogen-bond donors (Lipinski definition) is 2. The summed E-state index contributed by atoms with van der Waals surface area (Å²) < 4.78 is 15.1. The van der Waals surface area contributed by atoms with E-state index in [0.717, 1.165) is 49.6 Å². The molecule has 0 bridgehead atoms. The largest absolute Gasteiger partial charge is 0.486 e. The van der Waals surface area contributed by atoms with E-state index in [1.165, 1.54) is 0 Å². The van der Waals surface area contributed by atoms with Gasteiger partial charge in [-0.3, -0.25) is 9.56 Å². The third-order valence-electron chi connectivity index (χ3n) is 5.16. The van der Waals surface area contributed by atoms with Crippen molar-refractivity contribution in [2.45, 2.75) is 44.9 Å². The summed E-state index contributed by atoms with van der Waals surface area (Å²) in [4.78, 5) is 16.6. The predicted octanol–water partition coefficient (Wildman–Crippen LogP) is 1.39. The van der Waals surface area contributed by atoms with Gasteiger partial charge in [0.1, 0.15) is 18.5 Å². The molecule has 10 heteroatoms. The Balaban J connectivity index is 0.00000256. The maximum absolute atomic E-state index is 12.3. The monoisotopic (exact) mass is 528 g/mol. The second-order valence-electron chi connectivity index (χ2n) is 7.26. The summed E-state index contributed by atoms with van der Waals surface area (Å²) in [5.74, 6) is 3.16. The molecule has 2 aliphatic heterocycles. The van der Waals surface area contributed by atoms with Gasteiger partial charge in [-0.2, -0.15) is 5.10 Å². The van der Waals surface area contributed by atoms with Gasteiger partial charge in [0, 0.05) is 33.1 Å². The normalized spacial score (nSPS) is 17.6. The molecule has 0 fully saturated rings. The zero-order valence-corrected chi connectivity index (χ0v) is 19.5. The van der Waals surface area contributed by atoms with Crippen LogP contribution in [0, 0.1) is 0 Å². The highest BCUT2D eigenvalue weighted by molar-refractivity contribution is 14.0. The minimum atomic E-state index is -0.0844. The summed E-state index contributed by atoms with van der Waals surface area (Å²) in [7, 11) is 1.73. The van der Waals surface area contributed by atoms with Crippen LogP contribution in [0.2, 0.25) is 0 Å². The number of fused-ring (bicyclic) bond motifs is 2. The fraction of sp³-hybridized carbons (Fsp3) is 0.550. The lowest BCUT2D eigenvalue weighted by molar-refractivity contribution is 0.0936. The molecule has 0 radical (unpaired) electrons. The molecule has 2 N–H and O–H groups in total. The van der Waals surface area contributed by atoms with Gasteiger partial charge in [-0.25, -0.2) is 9.48 Å². The fourth-order valence-electron chi connectivity index (χ4n) is 3.62. The maximum Gasteiger partial charge on any atom is 0.345 e.